The summed E-state index contributed by atoms with van der Waals surface area (Å²) in [6, 6.07) is 0. The number of unbranched alkanes of at least 4 members (excludes halogenated alkanes) is 34. The first-order valence-corrected chi connectivity index (χ1v) is 31.6. The average molecular weight is 941 g/mol. The van der Waals surface area contributed by atoms with Crippen LogP contribution in [-0.2, 0) is 17.8 Å². The molecule has 2 unspecified atom stereocenters. The molecule has 1 heterocycles. The fourth-order valence-corrected chi connectivity index (χ4v) is 10.9. The topological polar surface area (TPSA) is 18.0 Å². The van der Waals surface area contributed by atoms with Crippen LogP contribution in [0.15, 0.2) is 18.7 Å². The summed E-state index contributed by atoms with van der Waals surface area (Å²) in [6.07, 6.45) is 75.8. The van der Waals surface area contributed by atoms with Crippen molar-refractivity contribution in [2.24, 2.45) is 17.8 Å². The molecule has 3 heteroatoms. The van der Waals surface area contributed by atoms with E-state index in [-0.39, 0.29) is 0 Å². The van der Waals surface area contributed by atoms with E-state index in [1.165, 1.54) is 308 Å². The molecule has 1 rings (SSSR count). The molecule has 398 valence electrons. The van der Waals surface area contributed by atoms with Gasteiger partial charge in [0.15, 0.2) is 0 Å². The maximum atomic E-state index is 6.76. The van der Waals surface area contributed by atoms with Crippen LogP contribution in [0, 0.1) is 17.8 Å². The molecule has 0 bridgehead atoms. The summed E-state index contributed by atoms with van der Waals surface area (Å²) in [4.78, 5) is 0. The van der Waals surface area contributed by atoms with Crippen molar-refractivity contribution in [2.75, 3.05) is 6.61 Å². The Bertz CT molecular complexity index is 1030. The van der Waals surface area contributed by atoms with Crippen LogP contribution in [0.3, 0.4) is 0 Å². The number of imidazole rings is 1. The molecule has 0 saturated heterocycles. The van der Waals surface area contributed by atoms with E-state index in [1.54, 1.807) is 0 Å². The summed E-state index contributed by atoms with van der Waals surface area (Å²) in [5.74, 6) is 2.62. The predicted molar refractivity (Wildman–Crippen MR) is 300 cm³/mol. The molecule has 0 saturated carbocycles. The maximum Gasteiger partial charge on any atom is 0.243 e. The monoisotopic (exact) mass is 940 g/mol. The summed E-state index contributed by atoms with van der Waals surface area (Å²) in [6.45, 7) is 17.4. The molecule has 0 radical (unpaired) electrons. The van der Waals surface area contributed by atoms with Crippen molar-refractivity contribution in [3.05, 3.63) is 18.7 Å². The molecule has 1 aromatic rings. The van der Waals surface area contributed by atoms with E-state index in [0.29, 0.717) is 6.10 Å². The number of hydrogen-bond acceptors (Lipinski definition) is 1. The highest BCUT2D eigenvalue weighted by Crippen LogP contribution is 2.27. The van der Waals surface area contributed by atoms with Crippen LogP contribution in [0.5, 0.6) is 0 Å². The van der Waals surface area contributed by atoms with E-state index in [1.807, 2.05) is 0 Å². The second-order valence-electron chi connectivity index (χ2n) is 23.1. The third kappa shape index (κ3) is 46.0. The molecule has 0 aliphatic heterocycles. The molecule has 0 amide bonds. The minimum Gasteiger partial charge on any atom is -0.378 e. The van der Waals surface area contributed by atoms with Crippen molar-refractivity contribution in [2.45, 2.75) is 369 Å². The first-order valence-electron chi connectivity index (χ1n) is 31.6. The number of nitrogens with zero attached hydrogens (tertiary/aromatic N) is 2. The van der Waals surface area contributed by atoms with Crippen molar-refractivity contribution >= 4 is 0 Å². The second kappa shape index (κ2) is 51.5. The Hall–Kier alpha value is -0.830. The van der Waals surface area contributed by atoms with Gasteiger partial charge in [-0.2, -0.15) is 0 Å². The molecule has 1 aromatic heterocycles. The minimum atomic E-state index is 0.466. The molecule has 0 N–H and O–H groups in total. The van der Waals surface area contributed by atoms with Crippen molar-refractivity contribution in [1.29, 1.82) is 0 Å². The highest BCUT2D eigenvalue weighted by molar-refractivity contribution is 4.68. The third-order valence-electron chi connectivity index (χ3n) is 15.7. The standard InChI is InChI=1S/C64H127N2O/c1-7-10-13-15-17-19-21-23-25-27-29-31-33-35-37-40-49-63(50-41-38-36-34-32-30-28-26-24-22-20-18-16-14-11-8-2)51-42-43-52-64(54-53-62(6)48-46-47-61(4)5)67-59-45-39-44-56-66-58-57-65(60-66)55-12-9-3/h57-58,60-64H,7-56,59H2,1-6H3/q+1. The number of aryl methyl sites for hydroxylation is 2. The smallest absolute Gasteiger partial charge is 0.243 e. The van der Waals surface area contributed by atoms with Crippen molar-refractivity contribution in [3.8, 4) is 0 Å². The van der Waals surface area contributed by atoms with Gasteiger partial charge in [0, 0.05) is 6.61 Å². The zero-order chi connectivity index (χ0) is 48.4. The highest BCUT2D eigenvalue weighted by Gasteiger charge is 2.15. The Morgan fingerprint density at radius 2 is 0.776 bits per heavy atom. The summed E-state index contributed by atoms with van der Waals surface area (Å²) < 4.78 is 11.5. The SMILES string of the molecule is CCCCCCCCCCCCCCCCCCC(CCCCCCCCCCCCCCCCCC)CCCCC(CCC(C)CCCC(C)C)OCCCCC[n+]1ccn(CCCC)c1. The van der Waals surface area contributed by atoms with Gasteiger partial charge in [-0.3, -0.25) is 0 Å². The molecule has 0 aliphatic carbocycles. The predicted octanol–water partition coefficient (Wildman–Crippen LogP) is 21.9. The first kappa shape index (κ1) is 64.2. The van der Waals surface area contributed by atoms with Gasteiger partial charge < -0.3 is 4.74 Å². The second-order valence-corrected chi connectivity index (χ2v) is 23.1. The number of hydrogen-bond donors (Lipinski definition) is 0. The van der Waals surface area contributed by atoms with Gasteiger partial charge in [-0.25, -0.2) is 9.13 Å². The van der Waals surface area contributed by atoms with Gasteiger partial charge in [-0.05, 0) is 62.7 Å². The zero-order valence-electron chi connectivity index (χ0n) is 47.4. The van der Waals surface area contributed by atoms with Crippen molar-refractivity contribution < 1.29 is 9.30 Å². The van der Waals surface area contributed by atoms with Gasteiger partial charge in [0.25, 0.3) is 0 Å². The summed E-state index contributed by atoms with van der Waals surface area (Å²) >= 11 is 0. The highest BCUT2D eigenvalue weighted by atomic mass is 16.5. The molecular weight excluding hydrogens is 813 g/mol. The Morgan fingerprint density at radius 1 is 0.373 bits per heavy atom. The number of aromatic nitrogens is 2. The lowest BCUT2D eigenvalue weighted by molar-refractivity contribution is -0.696. The molecular formula is C64H127N2O+. The number of ether oxygens (including phenoxy) is 1. The Labute approximate surface area is 424 Å². The van der Waals surface area contributed by atoms with E-state index < -0.39 is 0 Å². The Morgan fingerprint density at radius 3 is 1.22 bits per heavy atom. The molecule has 0 aromatic carbocycles. The van der Waals surface area contributed by atoms with E-state index in [4.69, 9.17) is 4.74 Å². The number of rotatable bonds is 56. The van der Waals surface area contributed by atoms with Crippen LogP contribution >= 0.6 is 0 Å². The molecule has 3 nitrogen and oxygen atoms in total. The lowest BCUT2D eigenvalue weighted by Gasteiger charge is -2.21. The Balaban J connectivity index is 2.46. The molecule has 2 atom stereocenters. The quantitative estimate of drug-likeness (QED) is 0.0470. The van der Waals surface area contributed by atoms with Gasteiger partial charge in [0.2, 0.25) is 6.33 Å². The van der Waals surface area contributed by atoms with Crippen molar-refractivity contribution in [1.82, 2.24) is 4.57 Å². The van der Waals surface area contributed by atoms with Crippen LogP contribution in [0.25, 0.3) is 0 Å². The van der Waals surface area contributed by atoms with Gasteiger partial charge in [0.05, 0.1) is 19.2 Å². The summed E-state index contributed by atoms with van der Waals surface area (Å²) in [7, 11) is 0. The molecule has 67 heavy (non-hydrogen) atoms. The van der Waals surface area contributed by atoms with Crippen LogP contribution in [0.1, 0.15) is 350 Å². The summed E-state index contributed by atoms with van der Waals surface area (Å²) in [5, 5.41) is 0. The Kier molecular flexibility index (Phi) is 49.4. The normalized spacial score (nSPS) is 12.9. The van der Waals surface area contributed by atoms with E-state index in [9.17, 15) is 0 Å². The average Bonchev–Trinajstić information content (AvgIpc) is 3.78. The fraction of sp³-hybridized carbons (Fsp3) is 0.953. The van der Waals surface area contributed by atoms with E-state index in [2.05, 4.69) is 69.4 Å². The lowest BCUT2D eigenvalue weighted by atomic mass is 9.89. The minimum absolute atomic E-state index is 0.466. The van der Waals surface area contributed by atoms with Gasteiger partial charge >= 0.3 is 0 Å². The molecule has 0 spiro atoms. The molecule has 0 fully saturated rings. The maximum absolute atomic E-state index is 6.76. The van der Waals surface area contributed by atoms with Gasteiger partial charge in [0.1, 0.15) is 12.4 Å². The van der Waals surface area contributed by atoms with Crippen LogP contribution in [0.4, 0.5) is 0 Å². The largest absolute Gasteiger partial charge is 0.378 e. The van der Waals surface area contributed by atoms with Crippen LogP contribution < -0.4 is 4.57 Å². The lowest BCUT2D eigenvalue weighted by Crippen LogP contribution is -2.30. The third-order valence-corrected chi connectivity index (χ3v) is 15.7. The zero-order valence-corrected chi connectivity index (χ0v) is 47.4. The van der Waals surface area contributed by atoms with Gasteiger partial charge in [-0.15, -0.1) is 0 Å². The summed E-state index contributed by atoms with van der Waals surface area (Å²) in [5.41, 5.74) is 0. The fourth-order valence-electron chi connectivity index (χ4n) is 10.9. The van der Waals surface area contributed by atoms with Crippen LogP contribution in [-0.4, -0.2) is 17.3 Å². The molecule has 0 aliphatic rings. The van der Waals surface area contributed by atoms with Crippen LogP contribution in [0.2, 0.25) is 0 Å². The van der Waals surface area contributed by atoms with Crippen molar-refractivity contribution in [3.63, 3.8) is 0 Å². The van der Waals surface area contributed by atoms with E-state index in [0.717, 1.165) is 37.5 Å². The first-order chi connectivity index (χ1) is 33.0. The van der Waals surface area contributed by atoms with Gasteiger partial charge in [-0.1, -0.05) is 305 Å². The van der Waals surface area contributed by atoms with E-state index >= 15 is 0 Å².